The third-order valence-electron chi connectivity index (χ3n) is 2.21. The first-order valence-electron chi connectivity index (χ1n) is 4.72. The molecule has 0 bridgehead atoms. The van der Waals surface area contributed by atoms with Crippen molar-refractivity contribution >= 4 is 15.8 Å². The highest BCUT2D eigenvalue weighted by Crippen LogP contribution is 2.31. The average molecular weight is 259 g/mol. The van der Waals surface area contributed by atoms with Gasteiger partial charge in [-0.2, -0.15) is 0 Å². The number of phenolic OH excluding ortho intramolecular Hbond substituents is 1. The fourth-order valence-corrected chi connectivity index (χ4v) is 2.50. The number of hydrogen-bond donors (Lipinski definition) is 3. The van der Waals surface area contributed by atoms with Crippen LogP contribution in [0.25, 0.3) is 0 Å². The Bertz CT molecular complexity index is 538. The van der Waals surface area contributed by atoms with Crippen LogP contribution in [0.2, 0.25) is 0 Å². The van der Waals surface area contributed by atoms with E-state index in [-0.39, 0.29) is 16.2 Å². The Labute approximate surface area is 98.6 Å². The van der Waals surface area contributed by atoms with Gasteiger partial charge in [0.2, 0.25) is 0 Å². The second kappa shape index (κ2) is 4.72. The molecule has 1 atom stereocenters. The molecule has 0 aliphatic heterocycles. The zero-order chi connectivity index (χ0) is 13.2. The maximum Gasteiger partial charge on any atom is 0.305 e. The van der Waals surface area contributed by atoms with Crippen LogP contribution >= 0.6 is 0 Å². The van der Waals surface area contributed by atoms with Crippen molar-refractivity contribution in [3.63, 3.8) is 0 Å². The van der Waals surface area contributed by atoms with E-state index < -0.39 is 28.3 Å². The number of phenols is 1. The third-order valence-corrected chi connectivity index (χ3v) is 3.36. The van der Waals surface area contributed by atoms with Gasteiger partial charge in [-0.15, -0.1) is 0 Å². The van der Waals surface area contributed by atoms with Crippen molar-refractivity contribution in [2.45, 2.75) is 17.4 Å². The van der Waals surface area contributed by atoms with Gasteiger partial charge < -0.3 is 15.9 Å². The van der Waals surface area contributed by atoms with Crippen molar-refractivity contribution in [1.82, 2.24) is 0 Å². The summed E-state index contributed by atoms with van der Waals surface area (Å²) in [7, 11) is -3.57. The summed E-state index contributed by atoms with van der Waals surface area (Å²) in [6, 6.07) is 2.85. The van der Waals surface area contributed by atoms with Crippen LogP contribution < -0.4 is 5.73 Å². The molecule has 0 radical (unpaired) electrons. The number of aliphatic carboxylic acids is 1. The molecule has 7 heteroatoms. The Kier molecular flexibility index (Phi) is 3.74. The molecule has 4 N–H and O–H groups in total. The van der Waals surface area contributed by atoms with Crippen molar-refractivity contribution in [2.24, 2.45) is 5.73 Å². The van der Waals surface area contributed by atoms with E-state index in [9.17, 15) is 18.3 Å². The molecule has 1 aromatic carbocycles. The summed E-state index contributed by atoms with van der Waals surface area (Å²) in [5.41, 5.74) is 5.53. The first kappa shape index (κ1) is 13.5. The van der Waals surface area contributed by atoms with Crippen molar-refractivity contribution < 1.29 is 23.4 Å². The van der Waals surface area contributed by atoms with E-state index >= 15 is 0 Å². The van der Waals surface area contributed by atoms with Crippen LogP contribution in [0, 0.1) is 0 Å². The number of sulfone groups is 1. The first-order chi connectivity index (χ1) is 7.73. The molecule has 1 unspecified atom stereocenters. The number of benzene rings is 1. The van der Waals surface area contributed by atoms with Crippen LogP contribution in [-0.2, 0) is 14.6 Å². The number of nitrogens with two attached hydrogens (primary N) is 1. The predicted octanol–water partition coefficient (Wildman–Crippen LogP) is 0.270. The minimum absolute atomic E-state index is 0.0580. The van der Waals surface area contributed by atoms with Crippen LogP contribution in [0.4, 0.5) is 0 Å². The maximum absolute atomic E-state index is 11.5. The summed E-state index contributed by atoms with van der Waals surface area (Å²) in [6.07, 6.45) is 0.513. The summed E-state index contributed by atoms with van der Waals surface area (Å²) in [5.74, 6) is -1.48. The maximum atomic E-state index is 11.5. The fraction of sp³-hybridized carbons (Fsp3) is 0.300. The largest absolute Gasteiger partial charge is 0.508 e. The smallest absolute Gasteiger partial charge is 0.305 e. The van der Waals surface area contributed by atoms with Gasteiger partial charge in [0, 0.05) is 17.9 Å². The molecule has 0 saturated carbocycles. The second-order valence-electron chi connectivity index (χ2n) is 3.67. The molecule has 17 heavy (non-hydrogen) atoms. The van der Waals surface area contributed by atoms with Crippen LogP contribution in [0.15, 0.2) is 23.1 Å². The van der Waals surface area contributed by atoms with Crippen LogP contribution in [0.3, 0.4) is 0 Å². The molecule has 6 nitrogen and oxygen atoms in total. The Morgan fingerprint density at radius 3 is 2.53 bits per heavy atom. The highest BCUT2D eigenvalue weighted by molar-refractivity contribution is 7.90. The molecular formula is C10H13NO5S. The lowest BCUT2D eigenvalue weighted by molar-refractivity contribution is -0.137. The monoisotopic (exact) mass is 259 g/mol. The van der Waals surface area contributed by atoms with E-state index in [0.717, 1.165) is 6.26 Å². The SMILES string of the molecule is CS(=O)(=O)c1cccc(O)c1C(N)CC(=O)O. The Balaban J connectivity index is 3.35. The number of carbonyl (C=O) groups is 1. The molecule has 0 aromatic heterocycles. The molecule has 0 spiro atoms. The molecular weight excluding hydrogens is 246 g/mol. The van der Waals surface area contributed by atoms with E-state index in [1.807, 2.05) is 0 Å². The summed E-state index contributed by atoms with van der Waals surface area (Å²) >= 11 is 0. The number of aromatic hydroxyl groups is 1. The molecule has 0 heterocycles. The first-order valence-corrected chi connectivity index (χ1v) is 6.62. The summed E-state index contributed by atoms with van der Waals surface area (Å²) < 4.78 is 23.0. The lowest BCUT2D eigenvalue weighted by atomic mass is 10.0. The van der Waals surface area contributed by atoms with Gasteiger partial charge in [0.25, 0.3) is 0 Å². The van der Waals surface area contributed by atoms with Crippen molar-refractivity contribution in [1.29, 1.82) is 0 Å². The molecule has 0 amide bonds. The highest BCUT2D eigenvalue weighted by atomic mass is 32.2. The number of carboxylic acid groups (broad SMARTS) is 1. The van der Waals surface area contributed by atoms with Crippen LogP contribution in [-0.4, -0.2) is 30.9 Å². The summed E-state index contributed by atoms with van der Waals surface area (Å²) in [6.45, 7) is 0. The van der Waals surface area contributed by atoms with E-state index in [0.29, 0.717) is 0 Å². The zero-order valence-electron chi connectivity index (χ0n) is 9.12. The molecule has 0 fully saturated rings. The number of carboxylic acids is 1. The Morgan fingerprint density at radius 1 is 1.47 bits per heavy atom. The van der Waals surface area contributed by atoms with E-state index in [1.54, 1.807) is 0 Å². The topological polar surface area (TPSA) is 118 Å². The van der Waals surface area contributed by atoms with Gasteiger partial charge in [-0.1, -0.05) is 6.07 Å². The molecule has 0 saturated heterocycles. The molecule has 1 aromatic rings. The standard InChI is InChI=1S/C10H13NO5S/c1-17(15,16)8-4-2-3-7(12)10(8)6(11)5-9(13)14/h2-4,6,12H,5,11H2,1H3,(H,13,14). The highest BCUT2D eigenvalue weighted by Gasteiger charge is 2.23. The zero-order valence-corrected chi connectivity index (χ0v) is 9.94. The van der Waals surface area contributed by atoms with Gasteiger partial charge in [-0.3, -0.25) is 4.79 Å². The average Bonchev–Trinajstić information content (AvgIpc) is 2.14. The molecule has 1 rings (SSSR count). The normalized spacial score (nSPS) is 13.3. The van der Waals surface area contributed by atoms with Gasteiger partial charge >= 0.3 is 5.97 Å². The lowest BCUT2D eigenvalue weighted by Crippen LogP contribution is -2.18. The summed E-state index contributed by atoms with van der Waals surface area (Å²) in [5, 5.41) is 18.2. The van der Waals surface area contributed by atoms with Gasteiger partial charge in [0.15, 0.2) is 9.84 Å². The van der Waals surface area contributed by atoms with Gasteiger partial charge in [-0.05, 0) is 12.1 Å². The molecule has 94 valence electrons. The van der Waals surface area contributed by atoms with Crippen molar-refractivity contribution in [3.8, 4) is 5.75 Å². The summed E-state index contributed by atoms with van der Waals surface area (Å²) in [4.78, 5) is 10.4. The fourth-order valence-electron chi connectivity index (χ4n) is 1.52. The van der Waals surface area contributed by atoms with E-state index in [4.69, 9.17) is 10.8 Å². The van der Waals surface area contributed by atoms with Gasteiger partial charge in [-0.25, -0.2) is 8.42 Å². The number of rotatable bonds is 4. The van der Waals surface area contributed by atoms with E-state index in [2.05, 4.69) is 0 Å². The van der Waals surface area contributed by atoms with Crippen LogP contribution in [0.5, 0.6) is 5.75 Å². The third kappa shape index (κ3) is 3.18. The van der Waals surface area contributed by atoms with Crippen molar-refractivity contribution in [3.05, 3.63) is 23.8 Å². The van der Waals surface area contributed by atoms with Crippen molar-refractivity contribution in [2.75, 3.05) is 6.26 Å². The Morgan fingerprint density at radius 2 is 2.06 bits per heavy atom. The molecule has 0 aliphatic carbocycles. The number of hydrogen-bond acceptors (Lipinski definition) is 5. The van der Waals surface area contributed by atoms with Gasteiger partial charge in [0.05, 0.1) is 11.3 Å². The minimum Gasteiger partial charge on any atom is -0.508 e. The van der Waals surface area contributed by atoms with Gasteiger partial charge in [0.1, 0.15) is 5.75 Å². The van der Waals surface area contributed by atoms with Crippen LogP contribution in [0.1, 0.15) is 18.0 Å². The van der Waals surface area contributed by atoms with E-state index in [1.165, 1.54) is 18.2 Å². The predicted molar refractivity (Wildman–Crippen MR) is 60.4 cm³/mol. The quantitative estimate of drug-likeness (QED) is 0.714. The molecule has 0 aliphatic rings. The lowest BCUT2D eigenvalue weighted by Gasteiger charge is -2.15. The second-order valence-corrected chi connectivity index (χ2v) is 5.65. The Hall–Kier alpha value is -1.60. The minimum atomic E-state index is -3.57.